The highest BCUT2D eigenvalue weighted by atomic mass is 32.1. The van der Waals surface area contributed by atoms with E-state index in [-0.39, 0.29) is 11.7 Å². The van der Waals surface area contributed by atoms with Crippen LogP contribution >= 0.6 is 11.3 Å². The molecule has 0 fully saturated rings. The number of amides is 1. The minimum absolute atomic E-state index is 0.116. The number of fused-ring (bicyclic) bond motifs is 1. The second-order valence-corrected chi connectivity index (χ2v) is 7.69. The summed E-state index contributed by atoms with van der Waals surface area (Å²) in [4.78, 5) is 14.4. The van der Waals surface area contributed by atoms with E-state index in [4.69, 9.17) is 0 Å². The maximum absolute atomic E-state index is 13.1. The van der Waals surface area contributed by atoms with Crippen molar-refractivity contribution in [3.63, 3.8) is 0 Å². The topological polar surface area (TPSA) is 46.9 Å². The lowest BCUT2D eigenvalue weighted by molar-refractivity contribution is 0.103. The van der Waals surface area contributed by atoms with E-state index in [0.717, 1.165) is 39.1 Å². The first-order chi connectivity index (χ1) is 13.5. The second kappa shape index (κ2) is 7.56. The number of para-hydroxylation sites is 1. The van der Waals surface area contributed by atoms with Gasteiger partial charge >= 0.3 is 0 Å². The van der Waals surface area contributed by atoms with Gasteiger partial charge in [0.1, 0.15) is 10.6 Å². The lowest BCUT2D eigenvalue weighted by Gasteiger charge is -2.08. The van der Waals surface area contributed by atoms with Crippen molar-refractivity contribution in [2.24, 2.45) is 0 Å². The summed E-state index contributed by atoms with van der Waals surface area (Å²) in [5, 5.41) is 8.58. The molecule has 2 heterocycles. The van der Waals surface area contributed by atoms with E-state index in [2.05, 4.69) is 17.3 Å². The number of carbonyl (C=O) groups is 1. The van der Waals surface area contributed by atoms with Crippen LogP contribution in [-0.4, -0.2) is 15.7 Å². The van der Waals surface area contributed by atoms with Gasteiger partial charge in [-0.25, -0.2) is 4.39 Å². The zero-order valence-electron chi connectivity index (χ0n) is 15.7. The smallest absolute Gasteiger partial charge is 0.265 e. The SMILES string of the molecule is CCc1ccccc1NC(=O)c1cc2c(C)nn(Cc3ccc(F)cc3)c2s1. The molecule has 0 saturated heterocycles. The monoisotopic (exact) mass is 393 g/mol. The molecule has 0 unspecified atom stereocenters. The van der Waals surface area contributed by atoms with Crippen LogP contribution in [-0.2, 0) is 13.0 Å². The first kappa shape index (κ1) is 18.4. The van der Waals surface area contributed by atoms with Crippen molar-refractivity contribution < 1.29 is 9.18 Å². The van der Waals surface area contributed by atoms with Crippen molar-refractivity contribution in [2.45, 2.75) is 26.8 Å². The van der Waals surface area contributed by atoms with Gasteiger partial charge in [-0.15, -0.1) is 11.3 Å². The van der Waals surface area contributed by atoms with Gasteiger partial charge in [0.25, 0.3) is 5.91 Å². The van der Waals surface area contributed by atoms with E-state index in [9.17, 15) is 9.18 Å². The van der Waals surface area contributed by atoms with Gasteiger partial charge in [0.2, 0.25) is 0 Å². The van der Waals surface area contributed by atoms with E-state index >= 15 is 0 Å². The maximum Gasteiger partial charge on any atom is 0.265 e. The van der Waals surface area contributed by atoms with Crippen molar-refractivity contribution in [3.8, 4) is 0 Å². The summed E-state index contributed by atoms with van der Waals surface area (Å²) in [6.07, 6.45) is 0.856. The summed E-state index contributed by atoms with van der Waals surface area (Å²) in [7, 11) is 0. The predicted molar refractivity (Wildman–Crippen MR) is 112 cm³/mol. The lowest BCUT2D eigenvalue weighted by atomic mass is 10.1. The molecule has 4 nitrogen and oxygen atoms in total. The van der Waals surface area contributed by atoms with Gasteiger partial charge in [0, 0.05) is 11.1 Å². The van der Waals surface area contributed by atoms with Gasteiger partial charge in [-0.1, -0.05) is 37.3 Å². The number of nitrogens with one attached hydrogen (secondary N) is 1. The highest BCUT2D eigenvalue weighted by Gasteiger charge is 2.17. The molecule has 1 N–H and O–H groups in total. The fourth-order valence-electron chi connectivity index (χ4n) is 3.23. The molecule has 2 aromatic carbocycles. The average molecular weight is 393 g/mol. The fourth-order valence-corrected chi connectivity index (χ4v) is 4.29. The molecule has 0 radical (unpaired) electrons. The summed E-state index contributed by atoms with van der Waals surface area (Å²) in [5.41, 5.74) is 3.79. The summed E-state index contributed by atoms with van der Waals surface area (Å²) in [6.45, 7) is 4.53. The van der Waals surface area contributed by atoms with Crippen molar-refractivity contribution in [3.05, 3.63) is 82.1 Å². The van der Waals surface area contributed by atoms with E-state index < -0.39 is 0 Å². The number of carbonyl (C=O) groups excluding carboxylic acids is 1. The molecule has 28 heavy (non-hydrogen) atoms. The Morgan fingerprint density at radius 3 is 2.68 bits per heavy atom. The Morgan fingerprint density at radius 1 is 1.18 bits per heavy atom. The Labute approximate surface area is 166 Å². The number of aromatic nitrogens is 2. The molecule has 6 heteroatoms. The van der Waals surface area contributed by atoms with Gasteiger partial charge in [0.05, 0.1) is 17.1 Å². The van der Waals surface area contributed by atoms with E-state index in [1.807, 2.05) is 41.9 Å². The number of thiophene rings is 1. The zero-order chi connectivity index (χ0) is 19.7. The molecule has 1 amide bonds. The summed E-state index contributed by atoms with van der Waals surface area (Å²) < 4.78 is 15.0. The molecule has 0 atom stereocenters. The Hall–Kier alpha value is -2.99. The molecule has 0 aliphatic rings. The normalized spacial score (nSPS) is 11.1. The van der Waals surface area contributed by atoms with Crippen LogP contribution < -0.4 is 5.32 Å². The Morgan fingerprint density at radius 2 is 1.93 bits per heavy atom. The van der Waals surface area contributed by atoms with Crippen LogP contribution in [0.2, 0.25) is 0 Å². The van der Waals surface area contributed by atoms with E-state index in [1.165, 1.54) is 23.5 Å². The number of rotatable bonds is 5. The Bertz CT molecular complexity index is 1140. The van der Waals surface area contributed by atoms with Crippen LogP contribution in [0.1, 0.15) is 33.4 Å². The number of hydrogen-bond acceptors (Lipinski definition) is 3. The summed E-state index contributed by atoms with van der Waals surface area (Å²) >= 11 is 1.42. The third-order valence-electron chi connectivity index (χ3n) is 4.72. The fraction of sp³-hybridized carbons (Fsp3) is 0.182. The van der Waals surface area contributed by atoms with Crippen molar-refractivity contribution >= 4 is 33.1 Å². The Balaban J connectivity index is 1.62. The van der Waals surface area contributed by atoms with Crippen molar-refractivity contribution in [2.75, 3.05) is 5.32 Å². The Kier molecular flexibility index (Phi) is 4.96. The molecule has 2 aromatic heterocycles. The third-order valence-corrected chi connectivity index (χ3v) is 5.87. The van der Waals surface area contributed by atoms with Crippen LogP contribution in [0.5, 0.6) is 0 Å². The standard InChI is InChI=1S/C22H20FN3OS/c1-3-16-6-4-5-7-19(16)24-21(27)20-12-18-14(2)25-26(22(18)28-20)13-15-8-10-17(23)11-9-15/h4-12H,3,13H2,1-2H3,(H,24,27). The average Bonchev–Trinajstić information content (AvgIpc) is 3.26. The van der Waals surface area contributed by atoms with Gasteiger partial charge in [-0.2, -0.15) is 5.10 Å². The van der Waals surface area contributed by atoms with Crippen molar-refractivity contribution in [1.29, 1.82) is 0 Å². The van der Waals surface area contributed by atoms with Crippen molar-refractivity contribution in [1.82, 2.24) is 9.78 Å². The number of aryl methyl sites for hydroxylation is 2. The largest absolute Gasteiger partial charge is 0.321 e. The minimum Gasteiger partial charge on any atom is -0.321 e. The van der Waals surface area contributed by atoms with E-state index in [0.29, 0.717) is 11.4 Å². The second-order valence-electron chi connectivity index (χ2n) is 6.66. The molecule has 0 aliphatic carbocycles. The molecule has 142 valence electrons. The first-order valence-corrected chi connectivity index (χ1v) is 9.97. The quantitative estimate of drug-likeness (QED) is 0.493. The molecular weight excluding hydrogens is 373 g/mol. The van der Waals surface area contributed by atoms with Gasteiger partial charge in [-0.3, -0.25) is 9.48 Å². The number of anilines is 1. The number of hydrogen-bond donors (Lipinski definition) is 1. The zero-order valence-corrected chi connectivity index (χ0v) is 16.5. The van der Waals surface area contributed by atoms with Crippen LogP contribution in [0.3, 0.4) is 0 Å². The maximum atomic E-state index is 13.1. The molecule has 4 rings (SSSR count). The number of benzene rings is 2. The summed E-state index contributed by atoms with van der Waals surface area (Å²) in [5.74, 6) is -0.372. The number of halogens is 1. The molecule has 4 aromatic rings. The lowest BCUT2D eigenvalue weighted by Crippen LogP contribution is -2.11. The highest BCUT2D eigenvalue weighted by Crippen LogP contribution is 2.30. The predicted octanol–water partition coefficient (Wildman–Crippen LogP) is 5.41. The van der Waals surface area contributed by atoms with E-state index in [1.54, 1.807) is 12.1 Å². The van der Waals surface area contributed by atoms with Crippen LogP contribution in [0.4, 0.5) is 10.1 Å². The van der Waals surface area contributed by atoms with Crippen LogP contribution in [0, 0.1) is 12.7 Å². The molecule has 0 bridgehead atoms. The summed E-state index contributed by atoms with van der Waals surface area (Å²) in [6, 6.07) is 16.1. The molecule has 0 saturated carbocycles. The first-order valence-electron chi connectivity index (χ1n) is 9.16. The molecular formula is C22H20FN3OS. The molecule has 0 spiro atoms. The number of nitrogens with zero attached hydrogens (tertiary/aromatic N) is 2. The van der Waals surface area contributed by atoms with Crippen LogP contribution in [0.25, 0.3) is 10.2 Å². The highest BCUT2D eigenvalue weighted by molar-refractivity contribution is 7.20. The van der Waals surface area contributed by atoms with Gasteiger partial charge < -0.3 is 5.32 Å². The molecule has 0 aliphatic heterocycles. The van der Waals surface area contributed by atoms with Crippen LogP contribution in [0.15, 0.2) is 54.6 Å². The van der Waals surface area contributed by atoms with Gasteiger partial charge in [-0.05, 0) is 48.7 Å². The third kappa shape index (κ3) is 3.55. The minimum atomic E-state index is -0.256. The van der Waals surface area contributed by atoms with Gasteiger partial charge in [0.15, 0.2) is 0 Å².